The van der Waals surface area contributed by atoms with Crippen molar-refractivity contribution in [1.82, 2.24) is 4.90 Å². The van der Waals surface area contributed by atoms with Crippen LogP contribution < -0.4 is 9.47 Å². The largest absolute Gasteiger partial charge is 0.478 e. The summed E-state index contributed by atoms with van der Waals surface area (Å²) in [5.41, 5.74) is 2.24. The van der Waals surface area contributed by atoms with Gasteiger partial charge in [0.15, 0.2) is 5.76 Å². The molecule has 0 amide bonds. The van der Waals surface area contributed by atoms with Crippen LogP contribution >= 0.6 is 11.6 Å². The van der Waals surface area contributed by atoms with Crippen LogP contribution in [0.15, 0.2) is 65.0 Å². The number of nitrogens with zero attached hydrogens (tertiary/aromatic N) is 1. The third kappa shape index (κ3) is 3.09. The molecule has 2 aliphatic rings. The van der Waals surface area contributed by atoms with Gasteiger partial charge in [-0.15, -0.1) is 0 Å². The van der Waals surface area contributed by atoms with Gasteiger partial charge in [-0.25, -0.2) is 0 Å². The van der Waals surface area contributed by atoms with Crippen molar-refractivity contribution in [2.45, 2.75) is 13.1 Å². The third-order valence-corrected chi connectivity index (χ3v) is 5.02. The maximum atomic E-state index is 12.8. The van der Waals surface area contributed by atoms with Crippen LogP contribution in [0, 0.1) is 0 Å². The van der Waals surface area contributed by atoms with Gasteiger partial charge in [0, 0.05) is 11.6 Å². The molecule has 2 aromatic carbocycles. The quantitative estimate of drug-likeness (QED) is 0.592. The topological polar surface area (TPSA) is 51.9 Å². The Kier molecular flexibility index (Phi) is 4.19. The fourth-order valence-corrected chi connectivity index (χ4v) is 3.68. The minimum Gasteiger partial charge on any atom is -0.478 e. The molecule has 0 radical (unpaired) electrons. The van der Waals surface area contributed by atoms with Gasteiger partial charge in [-0.3, -0.25) is 9.69 Å². The van der Waals surface area contributed by atoms with E-state index < -0.39 is 0 Å². The molecule has 0 fully saturated rings. The number of rotatable bonds is 3. The Bertz CT molecular complexity index is 1090. The molecule has 0 bridgehead atoms. The first-order valence-corrected chi connectivity index (χ1v) is 9.28. The maximum absolute atomic E-state index is 12.8. The van der Waals surface area contributed by atoms with Crippen LogP contribution in [0.3, 0.4) is 0 Å². The Morgan fingerprint density at radius 3 is 2.89 bits per heavy atom. The average molecular weight is 394 g/mol. The Labute approximate surface area is 166 Å². The van der Waals surface area contributed by atoms with Crippen LogP contribution in [0.5, 0.6) is 11.5 Å². The molecular formula is C22H16ClNO4. The standard InChI is InChI=1S/C22H16ClNO4/c23-15-4-1-3-14(9-15)10-20-21(25)17-6-7-19-18(22(17)28-20)12-24(13-27-19)11-16-5-2-8-26-16/h1-10H,11-13H2/b20-10-. The molecule has 28 heavy (non-hydrogen) atoms. The molecule has 0 N–H and O–H groups in total. The van der Waals surface area contributed by atoms with Crippen molar-refractivity contribution in [3.05, 3.63) is 88.0 Å². The van der Waals surface area contributed by atoms with E-state index in [1.807, 2.05) is 30.3 Å². The van der Waals surface area contributed by atoms with Gasteiger partial charge in [-0.05, 0) is 48.0 Å². The molecule has 5 nitrogen and oxygen atoms in total. The highest BCUT2D eigenvalue weighted by Crippen LogP contribution is 2.42. The molecule has 6 heteroatoms. The average Bonchev–Trinajstić information content (AvgIpc) is 3.31. The summed E-state index contributed by atoms with van der Waals surface area (Å²) < 4.78 is 17.3. The number of hydrogen-bond donors (Lipinski definition) is 0. The molecular weight excluding hydrogens is 378 g/mol. The second kappa shape index (κ2) is 6.86. The third-order valence-electron chi connectivity index (χ3n) is 4.79. The van der Waals surface area contributed by atoms with Gasteiger partial charge in [0.05, 0.1) is 23.9 Å². The first-order valence-electron chi connectivity index (χ1n) is 8.90. The van der Waals surface area contributed by atoms with E-state index in [1.54, 1.807) is 30.5 Å². The van der Waals surface area contributed by atoms with Crippen molar-refractivity contribution in [2.24, 2.45) is 0 Å². The fourth-order valence-electron chi connectivity index (χ4n) is 3.48. The van der Waals surface area contributed by atoms with Crippen LogP contribution in [0.1, 0.15) is 27.2 Å². The number of allylic oxidation sites excluding steroid dienone is 1. The van der Waals surface area contributed by atoms with E-state index in [2.05, 4.69) is 4.90 Å². The molecule has 3 heterocycles. The monoisotopic (exact) mass is 393 g/mol. The molecule has 1 aromatic heterocycles. The number of hydrogen-bond acceptors (Lipinski definition) is 5. The number of benzene rings is 2. The summed E-state index contributed by atoms with van der Waals surface area (Å²) in [5, 5.41) is 0.608. The highest BCUT2D eigenvalue weighted by molar-refractivity contribution is 6.30. The summed E-state index contributed by atoms with van der Waals surface area (Å²) in [6.45, 7) is 1.68. The number of halogens is 1. The van der Waals surface area contributed by atoms with Crippen LogP contribution in [-0.2, 0) is 13.1 Å². The van der Waals surface area contributed by atoms with E-state index in [0.29, 0.717) is 36.2 Å². The number of furan rings is 1. The van der Waals surface area contributed by atoms with Crippen LogP contribution in [0.4, 0.5) is 0 Å². The number of carbonyl (C=O) groups is 1. The summed E-state index contributed by atoms with van der Waals surface area (Å²) in [7, 11) is 0. The van der Waals surface area contributed by atoms with E-state index in [4.69, 9.17) is 25.5 Å². The second-order valence-electron chi connectivity index (χ2n) is 6.75. The first kappa shape index (κ1) is 17.1. The fraction of sp³-hybridized carbons (Fsp3) is 0.136. The van der Waals surface area contributed by atoms with Gasteiger partial charge in [-0.1, -0.05) is 23.7 Å². The summed E-state index contributed by atoms with van der Waals surface area (Å²) in [6.07, 6.45) is 3.37. The zero-order chi connectivity index (χ0) is 19.1. The maximum Gasteiger partial charge on any atom is 0.231 e. The van der Waals surface area contributed by atoms with Crippen molar-refractivity contribution >= 4 is 23.5 Å². The van der Waals surface area contributed by atoms with Crippen LogP contribution in [-0.4, -0.2) is 17.4 Å². The van der Waals surface area contributed by atoms with Gasteiger partial charge >= 0.3 is 0 Å². The smallest absolute Gasteiger partial charge is 0.231 e. The minimum absolute atomic E-state index is 0.138. The van der Waals surface area contributed by atoms with Crippen molar-refractivity contribution in [3.63, 3.8) is 0 Å². The lowest BCUT2D eigenvalue weighted by Gasteiger charge is -2.29. The molecule has 0 unspecified atom stereocenters. The number of fused-ring (bicyclic) bond motifs is 3. The number of ether oxygens (including phenoxy) is 2. The Morgan fingerprint density at radius 2 is 2.07 bits per heavy atom. The van der Waals surface area contributed by atoms with Gasteiger partial charge in [0.2, 0.25) is 5.78 Å². The first-order chi connectivity index (χ1) is 13.7. The molecule has 140 valence electrons. The minimum atomic E-state index is -0.138. The zero-order valence-corrected chi connectivity index (χ0v) is 15.6. The van der Waals surface area contributed by atoms with Crippen LogP contribution in [0.2, 0.25) is 5.02 Å². The Hall–Kier alpha value is -3.02. The lowest BCUT2D eigenvalue weighted by molar-refractivity contribution is 0.0810. The SMILES string of the molecule is O=C1/C(=C/c2cccc(Cl)c2)Oc2c1ccc1c2CN(Cc2ccco2)CO1. The highest BCUT2D eigenvalue weighted by Gasteiger charge is 2.33. The van der Waals surface area contributed by atoms with E-state index >= 15 is 0 Å². The zero-order valence-electron chi connectivity index (χ0n) is 14.9. The molecule has 2 aliphatic heterocycles. The predicted molar refractivity (Wildman–Crippen MR) is 104 cm³/mol. The summed E-state index contributed by atoms with van der Waals surface area (Å²) in [4.78, 5) is 14.9. The molecule has 3 aromatic rings. The summed E-state index contributed by atoms with van der Waals surface area (Å²) in [6, 6.07) is 14.7. The Morgan fingerprint density at radius 1 is 1.14 bits per heavy atom. The van der Waals surface area contributed by atoms with Crippen molar-refractivity contribution in [3.8, 4) is 11.5 Å². The normalized spacial score (nSPS) is 17.2. The van der Waals surface area contributed by atoms with E-state index in [1.165, 1.54) is 0 Å². The second-order valence-corrected chi connectivity index (χ2v) is 7.19. The van der Waals surface area contributed by atoms with Gasteiger partial charge in [0.1, 0.15) is 24.0 Å². The predicted octanol–water partition coefficient (Wildman–Crippen LogP) is 4.90. The Balaban J connectivity index is 1.45. The van der Waals surface area contributed by atoms with Gasteiger partial charge in [-0.2, -0.15) is 0 Å². The highest BCUT2D eigenvalue weighted by atomic mass is 35.5. The van der Waals surface area contributed by atoms with E-state index in [0.717, 1.165) is 22.6 Å². The number of ketones is 1. The van der Waals surface area contributed by atoms with Crippen molar-refractivity contribution < 1.29 is 18.7 Å². The lowest BCUT2D eigenvalue weighted by Crippen LogP contribution is -2.31. The van der Waals surface area contributed by atoms with Crippen molar-refractivity contribution in [1.29, 1.82) is 0 Å². The molecule has 0 spiro atoms. The van der Waals surface area contributed by atoms with Crippen molar-refractivity contribution in [2.75, 3.05) is 6.73 Å². The van der Waals surface area contributed by atoms with Crippen LogP contribution in [0.25, 0.3) is 6.08 Å². The summed E-state index contributed by atoms with van der Waals surface area (Å²) >= 11 is 6.04. The van der Waals surface area contributed by atoms with Gasteiger partial charge in [0.25, 0.3) is 0 Å². The van der Waals surface area contributed by atoms with E-state index in [-0.39, 0.29) is 11.5 Å². The molecule has 0 aliphatic carbocycles. The lowest BCUT2D eigenvalue weighted by atomic mass is 10.0. The van der Waals surface area contributed by atoms with Gasteiger partial charge < -0.3 is 13.9 Å². The summed E-state index contributed by atoms with van der Waals surface area (Å²) in [5.74, 6) is 2.32. The number of Topliss-reactive ketones (excluding diaryl/α,β-unsaturated/α-hetero) is 1. The molecule has 0 saturated carbocycles. The van der Waals surface area contributed by atoms with E-state index in [9.17, 15) is 4.79 Å². The molecule has 0 saturated heterocycles. The molecule has 5 rings (SSSR count). The molecule has 0 atom stereocenters. The number of carbonyl (C=O) groups excluding carboxylic acids is 1.